The number of carbonyl (C=O) groups is 2. The summed E-state index contributed by atoms with van der Waals surface area (Å²) in [6, 6.07) is 12.4. The van der Waals surface area contributed by atoms with Crippen molar-refractivity contribution in [3.05, 3.63) is 65.5 Å². The zero-order valence-corrected chi connectivity index (χ0v) is 11.6. The van der Waals surface area contributed by atoms with Crippen molar-refractivity contribution in [3.8, 4) is 5.75 Å². The summed E-state index contributed by atoms with van der Waals surface area (Å²) in [6.07, 6.45) is 0.0287. The fraction of sp³-hybridized carbons (Fsp3) is 0.176. The highest BCUT2D eigenvalue weighted by molar-refractivity contribution is 5.97. The number of ether oxygens (including phenoxy) is 1. The molecule has 2 rings (SSSR count). The Bertz CT molecular complexity index is 647. The maximum Gasteiger partial charge on any atom is 0.311 e. The van der Waals surface area contributed by atoms with Crippen molar-refractivity contribution in [3.63, 3.8) is 0 Å². The molecule has 0 heterocycles. The first-order valence-electron chi connectivity index (χ1n) is 6.61. The summed E-state index contributed by atoms with van der Waals surface area (Å²) in [5.41, 5.74) is 1.25. The fourth-order valence-electron chi connectivity index (χ4n) is 1.84. The average Bonchev–Trinajstić information content (AvgIpc) is 2.48. The number of hydrogen-bond donors (Lipinski definition) is 0. The van der Waals surface area contributed by atoms with Crippen molar-refractivity contribution < 1.29 is 18.7 Å². The van der Waals surface area contributed by atoms with Crippen LogP contribution in [-0.4, -0.2) is 11.8 Å². The van der Waals surface area contributed by atoms with Gasteiger partial charge >= 0.3 is 5.97 Å². The second-order valence-electron chi connectivity index (χ2n) is 4.67. The third kappa shape index (κ3) is 4.24. The predicted octanol–water partition coefficient (Wildman–Crippen LogP) is 3.70. The fourth-order valence-corrected chi connectivity index (χ4v) is 1.84. The highest BCUT2D eigenvalue weighted by atomic mass is 19.1. The van der Waals surface area contributed by atoms with Gasteiger partial charge in [-0.1, -0.05) is 18.2 Å². The third-order valence-corrected chi connectivity index (χ3v) is 3.04. The highest BCUT2D eigenvalue weighted by Crippen LogP contribution is 2.17. The SMILES string of the molecule is Cc1ccccc1OC(=O)CCC(=O)c1ccc(F)cc1. The Kier molecular flexibility index (Phi) is 4.82. The lowest BCUT2D eigenvalue weighted by molar-refractivity contribution is -0.134. The van der Waals surface area contributed by atoms with E-state index in [1.165, 1.54) is 24.3 Å². The molecule has 0 N–H and O–H groups in total. The van der Waals surface area contributed by atoms with Crippen LogP contribution < -0.4 is 4.74 Å². The second kappa shape index (κ2) is 6.79. The molecular formula is C17H15FO3. The van der Waals surface area contributed by atoms with Crippen LogP contribution in [0.1, 0.15) is 28.8 Å². The van der Waals surface area contributed by atoms with E-state index in [1.807, 2.05) is 19.1 Å². The number of para-hydroxylation sites is 1. The van der Waals surface area contributed by atoms with Crippen LogP contribution in [0.5, 0.6) is 5.75 Å². The van der Waals surface area contributed by atoms with E-state index in [2.05, 4.69) is 0 Å². The number of aryl methyl sites for hydroxylation is 1. The molecule has 21 heavy (non-hydrogen) atoms. The molecule has 0 unspecified atom stereocenters. The lowest BCUT2D eigenvalue weighted by Gasteiger charge is -2.06. The molecule has 4 heteroatoms. The topological polar surface area (TPSA) is 43.4 Å². The van der Waals surface area contributed by atoms with Gasteiger partial charge in [0.1, 0.15) is 11.6 Å². The number of esters is 1. The van der Waals surface area contributed by atoms with Gasteiger partial charge in [-0.15, -0.1) is 0 Å². The van der Waals surface area contributed by atoms with Crippen LogP contribution in [0.3, 0.4) is 0 Å². The molecule has 0 spiro atoms. The first kappa shape index (κ1) is 14.9. The minimum absolute atomic E-state index is 0.00938. The number of rotatable bonds is 5. The van der Waals surface area contributed by atoms with Crippen molar-refractivity contribution in [2.45, 2.75) is 19.8 Å². The molecular weight excluding hydrogens is 271 g/mol. The van der Waals surface area contributed by atoms with Crippen molar-refractivity contribution >= 4 is 11.8 Å². The van der Waals surface area contributed by atoms with E-state index in [9.17, 15) is 14.0 Å². The Morgan fingerprint density at radius 1 is 1.00 bits per heavy atom. The number of ketones is 1. The Balaban J connectivity index is 1.88. The molecule has 2 aromatic carbocycles. The Hall–Kier alpha value is -2.49. The number of halogens is 1. The summed E-state index contributed by atoms with van der Waals surface area (Å²) in [4.78, 5) is 23.6. The zero-order chi connectivity index (χ0) is 15.2. The zero-order valence-electron chi connectivity index (χ0n) is 11.6. The van der Waals surface area contributed by atoms with Crippen LogP contribution in [0, 0.1) is 12.7 Å². The van der Waals surface area contributed by atoms with E-state index in [0.717, 1.165) is 5.56 Å². The van der Waals surface area contributed by atoms with Crippen LogP contribution in [0.25, 0.3) is 0 Å². The maximum absolute atomic E-state index is 12.8. The molecule has 0 radical (unpaired) electrons. The highest BCUT2D eigenvalue weighted by Gasteiger charge is 2.11. The molecule has 0 amide bonds. The van der Waals surface area contributed by atoms with Gasteiger partial charge in [0.25, 0.3) is 0 Å². The van der Waals surface area contributed by atoms with Gasteiger partial charge in [0.05, 0.1) is 6.42 Å². The van der Waals surface area contributed by atoms with E-state index < -0.39 is 11.8 Å². The third-order valence-electron chi connectivity index (χ3n) is 3.04. The molecule has 0 saturated carbocycles. The summed E-state index contributed by atoms with van der Waals surface area (Å²) >= 11 is 0. The molecule has 108 valence electrons. The standard InChI is InChI=1S/C17H15FO3/c1-12-4-2-3-5-16(12)21-17(20)11-10-15(19)13-6-8-14(18)9-7-13/h2-9H,10-11H2,1H3. The molecule has 0 saturated heterocycles. The molecule has 0 aliphatic heterocycles. The van der Waals surface area contributed by atoms with E-state index >= 15 is 0 Å². The van der Waals surface area contributed by atoms with Crippen molar-refractivity contribution in [2.24, 2.45) is 0 Å². The van der Waals surface area contributed by atoms with E-state index in [0.29, 0.717) is 11.3 Å². The molecule has 0 aliphatic carbocycles. The van der Waals surface area contributed by atoms with Gasteiger partial charge in [-0.2, -0.15) is 0 Å². The quantitative estimate of drug-likeness (QED) is 0.478. The van der Waals surface area contributed by atoms with Crippen LogP contribution in [0.2, 0.25) is 0 Å². The van der Waals surface area contributed by atoms with Crippen LogP contribution in [0.15, 0.2) is 48.5 Å². The van der Waals surface area contributed by atoms with Crippen LogP contribution in [0.4, 0.5) is 4.39 Å². The molecule has 0 fully saturated rings. The van der Waals surface area contributed by atoms with Gasteiger partial charge in [-0.05, 0) is 42.8 Å². The minimum atomic E-state index is -0.459. The predicted molar refractivity (Wildman–Crippen MR) is 76.8 cm³/mol. The largest absolute Gasteiger partial charge is 0.426 e. The maximum atomic E-state index is 12.8. The van der Waals surface area contributed by atoms with Gasteiger partial charge in [-0.25, -0.2) is 4.39 Å². The van der Waals surface area contributed by atoms with Gasteiger partial charge in [0.15, 0.2) is 5.78 Å². The van der Waals surface area contributed by atoms with E-state index in [-0.39, 0.29) is 18.6 Å². The monoisotopic (exact) mass is 286 g/mol. The number of benzene rings is 2. The van der Waals surface area contributed by atoms with Crippen molar-refractivity contribution in [1.82, 2.24) is 0 Å². The number of carbonyl (C=O) groups excluding carboxylic acids is 2. The second-order valence-corrected chi connectivity index (χ2v) is 4.67. The van der Waals surface area contributed by atoms with Crippen LogP contribution >= 0.6 is 0 Å². The molecule has 0 atom stereocenters. The van der Waals surface area contributed by atoms with Gasteiger partial charge in [-0.3, -0.25) is 9.59 Å². The van der Waals surface area contributed by atoms with E-state index in [1.54, 1.807) is 12.1 Å². The van der Waals surface area contributed by atoms with Crippen LogP contribution in [-0.2, 0) is 4.79 Å². The summed E-state index contributed by atoms with van der Waals surface area (Å²) < 4.78 is 18.0. The number of Topliss-reactive ketones (excluding diaryl/α,β-unsaturated/α-hetero) is 1. The lowest BCUT2D eigenvalue weighted by atomic mass is 10.1. The summed E-state index contributed by atoms with van der Waals surface area (Å²) in [5, 5.41) is 0. The first-order valence-corrected chi connectivity index (χ1v) is 6.61. The minimum Gasteiger partial charge on any atom is -0.426 e. The van der Waals surface area contributed by atoms with Gasteiger partial charge < -0.3 is 4.74 Å². The average molecular weight is 286 g/mol. The van der Waals surface area contributed by atoms with Gasteiger partial charge in [0, 0.05) is 12.0 Å². The molecule has 2 aromatic rings. The first-order chi connectivity index (χ1) is 10.1. The van der Waals surface area contributed by atoms with Gasteiger partial charge in [0.2, 0.25) is 0 Å². The lowest BCUT2D eigenvalue weighted by Crippen LogP contribution is -2.11. The normalized spacial score (nSPS) is 10.2. The Morgan fingerprint density at radius 2 is 1.67 bits per heavy atom. The molecule has 0 aliphatic rings. The van der Waals surface area contributed by atoms with Crippen molar-refractivity contribution in [2.75, 3.05) is 0 Å². The van der Waals surface area contributed by atoms with E-state index in [4.69, 9.17) is 4.74 Å². The number of hydrogen-bond acceptors (Lipinski definition) is 3. The summed E-state index contributed by atoms with van der Waals surface area (Å²) in [7, 11) is 0. The molecule has 0 bridgehead atoms. The molecule has 0 aromatic heterocycles. The van der Waals surface area contributed by atoms with Crippen molar-refractivity contribution in [1.29, 1.82) is 0 Å². The Labute approximate surface area is 122 Å². The summed E-state index contributed by atoms with van der Waals surface area (Å²) in [5.74, 6) is -0.571. The summed E-state index contributed by atoms with van der Waals surface area (Å²) in [6.45, 7) is 1.84. The Morgan fingerprint density at radius 3 is 2.33 bits per heavy atom. The smallest absolute Gasteiger partial charge is 0.311 e. The molecule has 3 nitrogen and oxygen atoms in total.